The fourth-order valence-electron chi connectivity index (χ4n) is 8.25. The summed E-state index contributed by atoms with van der Waals surface area (Å²) >= 11 is 0. The summed E-state index contributed by atoms with van der Waals surface area (Å²) in [5, 5.41) is 23.4. The monoisotopic (exact) mass is 576 g/mol. The molecule has 216 valence electrons. The van der Waals surface area contributed by atoms with Crippen LogP contribution in [0.2, 0.25) is 0 Å². The van der Waals surface area contributed by atoms with Gasteiger partial charge >= 0.3 is 5.97 Å². The second kappa shape index (κ2) is 9.14. The van der Waals surface area contributed by atoms with E-state index in [0.29, 0.717) is 24.8 Å². The molecule has 1 aromatic rings. The number of benzene rings is 1. The minimum Gasteiger partial charge on any atom is -0.454 e. The van der Waals surface area contributed by atoms with Crippen LogP contribution in [-0.4, -0.2) is 64.7 Å². The molecule has 0 aromatic heterocycles. The number of hydrogen-bond donors (Lipinski definition) is 3. The Kier molecular flexibility index (Phi) is 6.58. The molecule has 3 fully saturated rings. The summed E-state index contributed by atoms with van der Waals surface area (Å²) < 4.78 is 54.4. The van der Waals surface area contributed by atoms with Gasteiger partial charge in [-0.25, -0.2) is 9.18 Å². The molecule has 40 heavy (non-hydrogen) atoms. The Labute approximate surface area is 231 Å². The van der Waals surface area contributed by atoms with Gasteiger partial charge in [0.15, 0.2) is 18.1 Å². The van der Waals surface area contributed by atoms with Crippen molar-refractivity contribution in [3.05, 3.63) is 53.6 Å². The summed E-state index contributed by atoms with van der Waals surface area (Å²) in [6, 6.07) is 4.48. The zero-order valence-electron chi connectivity index (χ0n) is 22.5. The largest absolute Gasteiger partial charge is 0.454 e. The average molecular weight is 577 g/mol. The molecule has 0 saturated heterocycles. The number of esters is 1. The van der Waals surface area contributed by atoms with Crippen LogP contribution >= 0.6 is 0 Å². The molecule has 8 atom stereocenters. The predicted molar refractivity (Wildman–Crippen MR) is 139 cm³/mol. The molecule has 0 aliphatic heterocycles. The number of rotatable bonds is 5. The highest BCUT2D eigenvalue weighted by atomic mass is 32.2. The van der Waals surface area contributed by atoms with Gasteiger partial charge in [-0.3, -0.25) is 14.1 Å². The molecule has 0 bridgehead atoms. The van der Waals surface area contributed by atoms with Crippen molar-refractivity contribution in [2.24, 2.45) is 28.6 Å². The van der Waals surface area contributed by atoms with Crippen molar-refractivity contribution in [3.8, 4) is 0 Å². The summed E-state index contributed by atoms with van der Waals surface area (Å²) in [7, 11) is -4.57. The molecule has 9 nitrogen and oxygen atoms in total. The maximum absolute atomic E-state index is 17.3. The number of alkyl halides is 1. The standard InChI is InChI=1S/C29H33FO9S/c1-16-11-22-21-8-7-18-13-19(31)9-10-26(18,2)28(21,30)23(32)14-27(22,3)29(16,35)24(33)15-39-25(34)17-5-4-6-20(12-17)40(36,37)38/h4-6,9-10,12-13,16,21-23,32,35H,7-8,11,14-15H2,1-3H3,(H,36,37,38)/t16-,21?,22?,23?,26+,27+,28+,29+/m1/s1. The maximum atomic E-state index is 17.3. The molecule has 1 aromatic carbocycles. The van der Waals surface area contributed by atoms with Gasteiger partial charge in [-0.1, -0.05) is 31.6 Å². The van der Waals surface area contributed by atoms with Crippen LogP contribution in [0.4, 0.5) is 4.39 Å². The van der Waals surface area contributed by atoms with E-state index in [1.807, 2.05) is 0 Å². The zero-order valence-corrected chi connectivity index (χ0v) is 23.3. The summed E-state index contributed by atoms with van der Waals surface area (Å²) in [4.78, 5) is 37.7. The van der Waals surface area contributed by atoms with Crippen LogP contribution in [0.5, 0.6) is 0 Å². The van der Waals surface area contributed by atoms with E-state index >= 15 is 4.39 Å². The summed E-state index contributed by atoms with van der Waals surface area (Å²) in [5.74, 6) is -3.86. The van der Waals surface area contributed by atoms with Crippen molar-refractivity contribution in [2.75, 3.05) is 6.61 Å². The quantitative estimate of drug-likeness (QED) is 0.354. The zero-order chi connectivity index (χ0) is 29.5. The molecule has 3 unspecified atom stereocenters. The SMILES string of the molecule is C[C@@H]1CC2C3CCC4=CC(=O)C=C[C@]4(C)[C@@]3(F)C(O)C[C@]2(C)[C@@]1(O)C(=O)COC(=O)c1cccc(S(=O)(=O)O)c1. The normalized spacial score (nSPS) is 40.5. The third-order valence-corrected chi connectivity index (χ3v) is 11.2. The lowest BCUT2D eigenvalue weighted by atomic mass is 9.44. The van der Waals surface area contributed by atoms with E-state index in [1.165, 1.54) is 30.4 Å². The van der Waals surface area contributed by atoms with Crippen LogP contribution in [0.15, 0.2) is 53.0 Å². The number of fused-ring (bicyclic) bond motifs is 5. The Morgan fingerprint density at radius 1 is 1.20 bits per heavy atom. The van der Waals surface area contributed by atoms with E-state index in [0.717, 1.165) is 12.1 Å². The number of carbonyl (C=O) groups is 3. The van der Waals surface area contributed by atoms with Crippen molar-refractivity contribution in [1.82, 2.24) is 0 Å². The molecule has 5 rings (SSSR count). The van der Waals surface area contributed by atoms with E-state index in [2.05, 4.69) is 0 Å². The second-order valence-corrected chi connectivity index (χ2v) is 13.6. The Bertz CT molecular complexity index is 1470. The van der Waals surface area contributed by atoms with E-state index in [1.54, 1.807) is 20.8 Å². The van der Waals surface area contributed by atoms with E-state index in [9.17, 15) is 37.6 Å². The molecule has 0 heterocycles. The lowest BCUT2D eigenvalue weighted by Crippen LogP contribution is -2.69. The Hall–Kier alpha value is -2.73. The van der Waals surface area contributed by atoms with Gasteiger partial charge in [0.2, 0.25) is 5.78 Å². The first-order valence-electron chi connectivity index (χ1n) is 13.3. The lowest BCUT2D eigenvalue weighted by Gasteiger charge is -2.62. The molecule has 4 aliphatic rings. The number of allylic oxidation sites excluding steroid dienone is 4. The molecule has 3 N–H and O–H groups in total. The fourth-order valence-corrected chi connectivity index (χ4v) is 8.77. The van der Waals surface area contributed by atoms with Crippen LogP contribution in [0.1, 0.15) is 56.8 Å². The van der Waals surface area contributed by atoms with Crippen LogP contribution in [0.25, 0.3) is 0 Å². The van der Waals surface area contributed by atoms with Crippen molar-refractivity contribution in [3.63, 3.8) is 0 Å². The highest BCUT2D eigenvalue weighted by molar-refractivity contribution is 7.85. The summed E-state index contributed by atoms with van der Waals surface area (Å²) in [5.41, 5.74) is -6.17. The number of hydrogen-bond acceptors (Lipinski definition) is 8. The molecule has 3 saturated carbocycles. The number of aliphatic hydroxyl groups is 2. The first-order valence-corrected chi connectivity index (χ1v) is 14.8. The second-order valence-electron chi connectivity index (χ2n) is 12.2. The maximum Gasteiger partial charge on any atom is 0.338 e. The van der Waals surface area contributed by atoms with Crippen molar-refractivity contribution in [1.29, 1.82) is 0 Å². The highest BCUT2D eigenvalue weighted by Gasteiger charge is 2.75. The smallest absolute Gasteiger partial charge is 0.338 e. The van der Waals surface area contributed by atoms with Gasteiger partial charge in [-0.05, 0) is 74.8 Å². The van der Waals surface area contributed by atoms with Crippen LogP contribution in [0.3, 0.4) is 0 Å². The minimum absolute atomic E-state index is 0.216. The molecule has 0 spiro atoms. The first kappa shape index (κ1) is 28.8. The van der Waals surface area contributed by atoms with Gasteiger partial charge in [-0.15, -0.1) is 0 Å². The number of aliphatic hydroxyl groups excluding tert-OH is 1. The van der Waals surface area contributed by atoms with E-state index < -0.39 is 79.3 Å². The van der Waals surface area contributed by atoms with Gasteiger partial charge < -0.3 is 14.9 Å². The molecule has 11 heteroatoms. The van der Waals surface area contributed by atoms with Crippen molar-refractivity contribution in [2.45, 2.75) is 68.7 Å². The minimum atomic E-state index is -4.57. The third kappa shape index (κ3) is 3.81. The molecule has 0 radical (unpaired) electrons. The molecule has 0 amide bonds. The number of ketones is 2. The Balaban J connectivity index is 1.41. The van der Waals surface area contributed by atoms with Crippen LogP contribution < -0.4 is 0 Å². The van der Waals surface area contributed by atoms with E-state index in [-0.39, 0.29) is 17.8 Å². The Morgan fingerprint density at radius 3 is 2.58 bits per heavy atom. The molecule has 4 aliphatic carbocycles. The highest BCUT2D eigenvalue weighted by Crippen LogP contribution is 2.70. The number of halogens is 1. The van der Waals surface area contributed by atoms with Gasteiger partial charge in [0.1, 0.15) is 5.60 Å². The lowest BCUT2D eigenvalue weighted by molar-refractivity contribution is -0.219. The number of carbonyl (C=O) groups excluding carboxylic acids is 3. The van der Waals surface area contributed by atoms with Crippen LogP contribution in [-0.2, 0) is 24.4 Å². The first-order chi connectivity index (χ1) is 18.5. The summed E-state index contributed by atoms with van der Waals surface area (Å²) in [6.07, 6.45) is 3.64. The molecular formula is C29H33FO9S. The van der Waals surface area contributed by atoms with Gasteiger partial charge in [-0.2, -0.15) is 8.42 Å². The van der Waals surface area contributed by atoms with Gasteiger partial charge in [0.05, 0.1) is 16.6 Å². The van der Waals surface area contributed by atoms with Crippen LogP contribution in [0, 0.1) is 28.6 Å². The molecular weight excluding hydrogens is 543 g/mol. The number of ether oxygens (including phenoxy) is 1. The summed E-state index contributed by atoms with van der Waals surface area (Å²) in [6.45, 7) is 4.22. The average Bonchev–Trinajstić information content (AvgIpc) is 3.09. The Morgan fingerprint density at radius 2 is 1.90 bits per heavy atom. The van der Waals surface area contributed by atoms with Gasteiger partial charge in [0.25, 0.3) is 10.1 Å². The fraction of sp³-hybridized carbons (Fsp3) is 0.552. The predicted octanol–water partition coefficient (Wildman–Crippen LogP) is 3.01. The topological polar surface area (TPSA) is 155 Å². The van der Waals surface area contributed by atoms with E-state index in [4.69, 9.17) is 4.74 Å². The van der Waals surface area contributed by atoms with Gasteiger partial charge in [0, 0.05) is 16.7 Å². The van der Waals surface area contributed by atoms with Crippen molar-refractivity contribution < 1.29 is 46.7 Å². The third-order valence-electron chi connectivity index (χ3n) is 10.3. The number of Topliss-reactive ketones (excluding diaryl/α,β-unsaturated/α-hetero) is 1. The van der Waals surface area contributed by atoms with Crippen molar-refractivity contribution >= 4 is 27.7 Å².